The van der Waals surface area contributed by atoms with E-state index in [0.29, 0.717) is 25.4 Å². The fourth-order valence-corrected chi connectivity index (χ4v) is 6.09. The van der Waals surface area contributed by atoms with Gasteiger partial charge in [-0.15, -0.1) is 0 Å². The summed E-state index contributed by atoms with van der Waals surface area (Å²) in [6.45, 7) is 2.99. The van der Waals surface area contributed by atoms with E-state index in [9.17, 15) is 9.18 Å². The van der Waals surface area contributed by atoms with E-state index >= 15 is 0 Å². The summed E-state index contributed by atoms with van der Waals surface area (Å²) in [5, 5.41) is 4.78. The number of hydrogen-bond acceptors (Lipinski definition) is 7. The molecular weight excluding hydrogens is 471 g/mol. The molecule has 3 aromatic rings. The van der Waals surface area contributed by atoms with Crippen LogP contribution in [0.4, 0.5) is 15.9 Å². The monoisotopic (exact) mass is 496 g/mol. The number of hydrogen-bond donors (Lipinski definition) is 1. The lowest BCUT2D eigenvalue weighted by Gasteiger charge is -2.71. The van der Waals surface area contributed by atoms with Gasteiger partial charge in [-0.3, -0.25) is 4.79 Å². The van der Waals surface area contributed by atoms with Gasteiger partial charge < -0.3 is 19.7 Å². The second-order valence-corrected chi connectivity index (χ2v) is 10.5. The lowest BCUT2D eigenvalue weighted by Crippen LogP contribution is -2.71. The van der Waals surface area contributed by atoms with E-state index in [4.69, 9.17) is 21.1 Å². The molecule has 0 radical (unpaired) electrons. The maximum absolute atomic E-state index is 13.6. The van der Waals surface area contributed by atoms with Crippen LogP contribution in [0.2, 0.25) is 5.02 Å². The zero-order valence-electron chi connectivity index (χ0n) is 19.2. The van der Waals surface area contributed by atoms with Crippen LogP contribution >= 0.6 is 11.6 Å². The number of morpholine rings is 1. The predicted molar refractivity (Wildman–Crippen MR) is 132 cm³/mol. The SMILES string of the molecule is O=C(COc1ccc(Cl)c(F)c1)CC12CC(Nc3ccc4ncnc(N5CCOCC5)c4c3)(C1)C2. The van der Waals surface area contributed by atoms with Gasteiger partial charge in [-0.05, 0) is 55.0 Å². The molecule has 9 heteroatoms. The number of aromatic nitrogens is 2. The molecule has 7 nitrogen and oxygen atoms in total. The van der Waals surface area contributed by atoms with Gasteiger partial charge >= 0.3 is 0 Å². The van der Waals surface area contributed by atoms with Gasteiger partial charge in [0.25, 0.3) is 0 Å². The summed E-state index contributed by atoms with van der Waals surface area (Å²) < 4.78 is 24.5. The predicted octanol–water partition coefficient (Wildman–Crippen LogP) is 4.63. The molecule has 1 aromatic heterocycles. The maximum atomic E-state index is 13.6. The highest BCUT2D eigenvalue weighted by atomic mass is 35.5. The first kappa shape index (κ1) is 22.5. The number of nitrogens with zero attached hydrogens (tertiary/aromatic N) is 3. The number of anilines is 2. The molecule has 1 aliphatic heterocycles. The number of ketones is 1. The largest absolute Gasteiger partial charge is 0.486 e. The van der Waals surface area contributed by atoms with Crippen molar-refractivity contribution in [1.29, 1.82) is 0 Å². The lowest BCUT2D eigenvalue weighted by atomic mass is 9.38. The molecule has 0 amide bonds. The van der Waals surface area contributed by atoms with Crippen LogP contribution in [0.5, 0.6) is 5.75 Å². The average Bonchev–Trinajstić information content (AvgIpc) is 2.83. The van der Waals surface area contributed by atoms with Crippen molar-refractivity contribution in [3.05, 3.63) is 53.6 Å². The van der Waals surface area contributed by atoms with Crippen LogP contribution in [0, 0.1) is 11.2 Å². The Morgan fingerprint density at radius 2 is 1.94 bits per heavy atom. The molecule has 1 N–H and O–H groups in total. The van der Waals surface area contributed by atoms with E-state index in [-0.39, 0.29) is 28.4 Å². The first-order valence-corrected chi connectivity index (χ1v) is 12.3. The summed E-state index contributed by atoms with van der Waals surface area (Å²) in [5.74, 6) is 0.739. The highest BCUT2D eigenvalue weighted by molar-refractivity contribution is 6.30. The van der Waals surface area contributed by atoms with E-state index in [1.165, 1.54) is 12.1 Å². The number of benzene rings is 2. The van der Waals surface area contributed by atoms with Crippen molar-refractivity contribution in [2.75, 3.05) is 43.1 Å². The summed E-state index contributed by atoms with van der Waals surface area (Å²) in [5.41, 5.74) is 2.07. The standard InChI is InChI=1S/C26H26ClFN4O3/c27-21-3-2-19(10-22(21)28)35-12-18(33)11-25-13-26(14-25,15-25)31-17-1-4-23-20(9-17)24(30-16-29-23)32-5-7-34-8-6-32/h1-4,9-10,16,31H,5-8,11-15H2. The van der Waals surface area contributed by atoms with Gasteiger partial charge in [0.2, 0.25) is 0 Å². The lowest BCUT2D eigenvalue weighted by molar-refractivity contribution is -0.147. The Labute approximate surface area is 207 Å². The van der Waals surface area contributed by atoms with Gasteiger partial charge in [0.15, 0.2) is 5.78 Å². The van der Waals surface area contributed by atoms with E-state index in [1.807, 2.05) is 6.07 Å². The molecule has 4 fully saturated rings. The zero-order valence-corrected chi connectivity index (χ0v) is 20.0. The topological polar surface area (TPSA) is 76.6 Å². The molecule has 35 heavy (non-hydrogen) atoms. The summed E-state index contributed by atoms with van der Waals surface area (Å²) >= 11 is 5.69. The maximum Gasteiger partial charge on any atom is 0.170 e. The summed E-state index contributed by atoms with van der Waals surface area (Å²) in [7, 11) is 0. The van der Waals surface area contributed by atoms with Gasteiger partial charge in [-0.25, -0.2) is 14.4 Å². The van der Waals surface area contributed by atoms with E-state index < -0.39 is 5.82 Å². The number of carbonyl (C=O) groups excluding carboxylic acids is 1. The highest BCUT2D eigenvalue weighted by Crippen LogP contribution is 2.70. The number of Topliss-reactive ketones (excluding diaryl/α,β-unsaturated/α-hetero) is 1. The number of carbonyl (C=O) groups is 1. The Morgan fingerprint density at radius 3 is 2.71 bits per heavy atom. The van der Waals surface area contributed by atoms with Gasteiger partial charge in [0.05, 0.1) is 23.8 Å². The van der Waals surface area contributed by atoms with Crippen molar-refractivity contribution in [2.45, 2.75) is 31.2 Å². The number of ether oxygens (including phenoxy) is 2. The fourth-order valence-electron chi connectivity index (χ4n) is 5.97. The Kier molecular flexibility index (Phi) is 5.53. The summed E-state index contributed by atoms with van der Waals surface area (Å²) in [6, 6.07) is 10.4. The molecule has 1 saturated heterocycles. The minimum Gasteiger partial charge on any atom is -0.486 e. The summed E-state index contributed by atoms with van der Waals surface area (Å²) in [6.07, 6.45) is 4.98. The molecule has 2 bridgehead atoms. The van der Waals surface area contributed by atoms with Crippen LogP contribution < -0.4 is 15.0 Å². The molecule has 0 spiro atoms. The molecule has 7 rings (SSSR count). The van der Waals surface area contributed by atoms with Crippen molar-refractivity contribution >= 4 is 39.8 Å². The molecule has 182 valence electrons. The van der Waals surface area contributed by atoms with Gasteiger partial charge in [-0.1, -0.05) is 11.6 Å². The highest BCUT2D eigenvalue weighted by Gasteiger charge is 2.68. The van der Waals surface area contributed by atoms with Crippen LogP contribution in [0.15, 0.2) is 42.7 Å². The number of halogens is 2. The molecule has 2 heterocycles. The Balaban J connectivity index is 1.06. The molecule has 0 unspecified atom stereocenters. The average molecular weight is 497 g/mol. The molecule has 4 aliphatic rings. The van der Waals surface area contributed by atoms with Crippen LogP contribution in [0.25, 0.3) is 10.9 Å². The van der Waals surface area contributed by atoms with Crippen molar-refractivity contribution in [3.8, 4) is 5.75 Å². The van der Waals surface area contributed by atoms with Gasteiger partial charge in [0, 0.05) is 42.2 Å². The van der Waals surface area contributed by atoms with Crippen LogP contribution in [0.1, 0.15) is 25.7 Å². The molecule has 3 aliphatic carbocycles. The second-order valence-electron chi connectivity index (χ2n) is 10.0. The quantitative estimate of drug-likeness (QED) is 0.487. The van der Waals surface area contributed by atoms with Gasteiger partial charge in [-0.2, -0.15) is 0 Å². The fraction of sp³-hybridized carbons (Fsp3) is 0.423. The summed E-state index contributed by atoms with van der Waals surface area (Å²) in [4.78, 5) is 23.8. The first-order chi connectivity index (χ1) is 16.9. The minimum absolute atomic E-state index is 0.0339. The third-order valence-corrected chi connectivity index (χ3v) is 7.64. The van der Waals surface area contributed by atoms with Crippen molar-refractivity contribution < 1.29 is 18.7 Å². The Hall–Kier alpha value is -2.97. The second kappa shape index (κ2) is 8.60. The third-order valence-electron chi connectivity index (χ3n) is 7.34. The molecule has 3 saturated carbocycles. The van der Waals surface area contributed by atoms with Crippen LogP contribution in [-0.4, -0.2) is 54.2 Å². The number of fused-ring (bicyclic) bond motifs is 1. The molecule has 0 atom stereocenters. The molecular formula is C26H26ClFN4O3. The normalized spacial score (nSPS) is 25.0. The number of nitrogens with one attached hydrogen (secondary N) is 1. The van der Waals surface area contributed by atoms with Gasteiger partial charge in [0.1, 0.15) is 30.3 Å². The van der Waals surface area contributed by atoms with Crippen molar-refractivity contribution in [2.24, 2.45) is 5.41 Å². The van der Waals surface area contributed by atoms with E-state index in [2.05, 4.69) is 32.3 Å². The van der Waals surface area contributed by atoms with E-state index in [1.54, 1.807) is 12.4 Å². The van der Waals surface area contributed by atoms with Crippen molar-refractivity contribution in [1.82, 2.24) is 9.97 Å². The van der Waals surface area contributed by atoms with E-state index in [0.717, 1.165) is 54.8 Å². The minimum atomic E-state index is -0.554. The van der Waals surface area contributed by atoms with Crippen LogP contribution in [-0.2, 0) is 9.53 Å². The van der Waals surface area contributed by atoms with Crippen molar-refractivity contribution in [3.63, 3.8) is 0 Å². The molecule has 2 aromatic carbocycles. The van der Waals surface area contributed by atoms with Crippen LogP contribution in [0.3, 0.4) is 0 Å². The Bertz CT molecular complexity index is 1280. The smallest absolute Gasteiger partial charge is 0.170 e. The zero-order chi connectivity index (χ0) is 24.0. The Morgan fingerprint density at radius 1 is 1.14 bits per heavy atom. The number of rotatable bonds is 8. The first-order valence-electron chi connectivity index (χ1n) is 11.9. The third kappa shape index (κ3) is 4.29.